The molecule has 0 radical (unpaired) electrons. The molecule has 0 unspecified atom stereocenters. The molecule has 6 nitrogen and oxygen atoms in total. The number of nitrogens with zero attached hydrogens (tertiary/aromatic N) is 2. The highest BCUT2D eigenvalue weighted by Crippen LogP contribution is 2.20. The predicted octanol–water partition coefficient (Wildman–Crippen LogP) is 4.01. The van der Waals surface area contributed by atoms with Crippen LogP contribution in [0.1, 0.15) is 21.6 Å². The molecule has 4 rings (SSSR count). The highest BCUT2D eigenvalue weighted by atomic mass is 35.5. The third kappa shape index (κ3) is 3.42. The summed E-state index contributed by atoms with van der Waals surface area (Å²) in [5, 5.41) is 3.36. The van der Waals surface area contributed by atoms with Crippen LogP contribution < -0.4 is 5.56 Å². The van der Waals surface area contributed by atoms with Crippen LogP contribution in [0.25, 0.3) is 16.9 Å². The molecule has 7 heteroatoms. The van der Waals surface area contributed by atoms with Gasteiger partial charge in [0.05, 0.1) is 5.69 Å². The van der Waals surface area contributed by atoms with Crippen molar-refractivity contribution in [2.45, 2.75) is 13.5 Å². The molecule has 0 amide bonds. The fourth-order valence-corrected chi connectivity index (χ4v) is 3.08. The third-order valence-corrected chi connectivity index (χ3v) is 4.89. The second-order valence-electron chi connectivity index (χ2n) is 6.31. The van der Waals surface area contributed by atoms with Crippen molar-refractivity contribution in [2.75, 3.05) is 0 Å². The predicted molar refractivity (Wildman–Crippen MR) is 107 cm³/mol. The number of nitrogens with one attached hydrogen (secondary N) is 1. The first-order valence-electron chi connectivity index (χ1n) is 8.62. The highest BCUT2D eigenvalue weighted by molar-refractivity contribution is 6.31. The molecule has 28 heavy (non-hydrogen) atoms. The van der Waals surface area contributed by atoms with Gasteiger partial charge in [0, 0.05) is 22.7 Å². The summed E-state index contributed by atoms with van der Waals surface area (Å²) < 4.78 is 6.58. The molecule has 0 fully saturated rings. The van der Waals surface area contributed by atoms with Crippen molar-refractivity contribution in [1.29, 1.82) is 0 Å². The average molecular weight is 394 g/mol. The molecule has 4 aromatic rings. The van der Waals surface area contributed by atoms with Gasteiger partial charge in [0.25, 0.3) is 5.56 Å². The number of halogens is 1. The van der Waals surface area contributed by atoms with E-state index in [1.807, 2.05) is 43.3 Å². The topological polar surface area (TPSA) is 76.5 Å². The zero-order valence-electron chi connectivity index (χ0n) is 15.0. The number of esters is 1. The standard InChI is InChI=1S/C21H16ClN3O3/c1-13-15(8-5-9-16(13)22)12-28-21(27)18-10-19-23-17(11-20(26)25(19)24-18)14-6-3-2-4-7-14/h2-11,24H,12H2,1H3. The van der Waals surface area contributed by atoms with Crippen LogP contribution in [0, 0.1) is 6.92 Å². The van der Waals surface area contributed by atoms with E-state index in [0.717, 1.165) is 16.7 Å². The molecule has 140 valence electrons. The van der Waals surface area contributed by atoms with E-state index in [1.165, 1.54) is 16.6 Å². The van der Waals surface area contributed by atoms with Gasteiger partial charge in [0.2, 0.25) is 0 Å². The Morgan fingerprint density at radius 2 is 1.93 bits per heavy atom. The van der Waals surface area contributed by atoms with Crippen molar-refractivity contribution in [2.24, 2.45) is 0 Å². The van der Waals surface area contributed by atoms with Crippen molar-refractivity contribution in [3.63, 3.8) is 0 Å². The van der Waals surface area contributed by atoms with Crippen molar-refractivity contribution in [1.82, 2.24) is 14.6 Å². The number of ether oxygens (including phenoxy) is 1. The van der Waals surface area contributed by atoms with Gasteiger partial charge >= 0.3 is 5.97 Å². The van der Waals surface area contributed by atoms with Crippen molar-refractivity contribution in [3.8, 4) is 11.3 Å². The maximum absolute atomic E-state index is 12.4. The summed E-state index contributed by atoms with van der Waals surface area (Å²) >= 11 is 6.09. The summed E-state index contributed by atoms with van der Waals surface area (Å²) in [6, 6.07) is 17.7. The van der Waals surface area contributed by atoms with Gasteiger partial charge in [-0.3, -0.25) is 9.89 Å². The number of rotatable bonds is 4. The third-order valence-electron chi connectivity index (χ3n) is 4.48. The normalized spacial score (nSPS) is 10.9. The molecule has 0 bridgehead atoms. The fourth-order valence-electron chi connectivity index (χ4n) is 2.88. The van der Waals surface area contributed by atoms with Crippen LogP contribution in [0.4, 0.5) is 0 Å². The molecule has 0 aliphatic carbocycles. The highest BCUT2D eigenvalue weighted by Gasteiger charge is 2.15. The van der Waals surface area contributed by atoms with Gasteiger partial charge in [-0.25, -0.2) is 14.3 Å². The quantitative estimate of drug-likeness (QED) is 0.531. The summed E-state index contributed by atoms with van der Waals surface area (Å²) in [6.07, 6.45) is 0. The monoisotopic (exact) mass is 393 g/mol. The summed E-state index contributed by atoms with van der Waals surface area (Å²) in [4.78, 5) is 29.3. The lowest BCUT2D eigenvalue weighted by molar-refractivity contribution is 0.0464. The van der Waals surface area contributed by atoms with E-state index < -0.39 is 5.97 Å². The molecule has 0 aliphatic rings. The van der Waals surface area contributed by atoms with Crippen LogP contribution >= 0.6 is 11.6 Å². The number of H-pyrrole nitrogens is 1. The van der Waals surface area contributed by atoms with Crippen LogP contribution in [0.15, 0.2) is 65.5 Å². The number of hydrogen-bond donors (Lipinski definition) is 1. The van der Waals surface area contributed by atoms with Gasteiger partial charge in [0.15, 0.2) is 5.65 Å². The first-order chi connectivity index (χ1) is 13.5. The number of aromatic amines is 1. The average Bonchev–Trinajstić information content (AvgIpc) is 3.14. The SMILES string of the molecule is Cc1c(Cl)cccc1COC(=O)c1cc2nc(-c3ccccc3)cc(=O)n2[nH]1. The van der Waals surface area contributed by atoms with Gasteiger partial charge < -0.3 is 4.74 Å². The number of carbonyl (C=O) groups excluding carboxylic acids is 1. The molecule has 0 atom stereocenters. The second-order valence-corrected chi connectivity index (χ2v) is 6.72. The van der Waals surface area contributed by atoms with E-state index >= 15 is 0 Å². The number of hydrogen-bond acceptors (Lipinski definition) is 4. The molecule has 2 aromatic carbocycles. The van der Waals surface area contributed by atoms with E-state index in [4.69, 9.17) is 16.3 Å². The largest absolute Gasteiger partial charge is 0.456 e. The Morgan fingerprint density at radius 1 is 1.14 bits per heavy atom. The van der Waals surface area contributed by atoms with E-state index in [0.29, 0.717) is 16.4 Å². The van der Waals surface area contributed by atoms with Crippen LogP contribution in [0.5, 0.6) is 0 Å². The maximum atomic E-state index is 12.4. The zero-order chi connectivity index (χ0) is 19.7. The Kier molecular flexibility index (Phi) is 4.71. The van der Waals surface area contributed by atoms with Crippen LogP contribution in [0.2, 0.25) is 5.02 Å². The van der Waals surface area contributed by atoms with Crippen molar-refractivity contribution < 1.29 is 9.53 Å². The minimum Gasteiger partial charge on any atom is -0.456 e. The van der Waals surface area contributed by atoms with Gasteiger partial charge in [-0.2, -0.15) is 0 Å². The van der Waals surface area contributed by atoms with E-state index in [1.54, 1.807) is 12.1 Å². The molecule has 0 aliphatic heterocycles. The molecular weight excluding hydrogens is 378 g/mol. The lowest BCUT2D eigenvalue weighted by Gasteiger charge is -2.07. The summed E-state index contributed by atoms with van der Waals surface area (Å²) in [6.45, 7) is 1.95. The van der Waals surface area contributed by atoms with E-state index in [2.05, 4.69) is 10.1 Å². The first kappa shape index (κ1) is 18.0. The van der Waals surface area contributed by atoms with Crippen LogP contribution in [-0.2, 0) is 11.3 Å². The first-order valence-corrected chi connectivity index (χ1v) is 9.00. The molecular formula is C21H16ClN3O3. The Morgan fingerprint density at radius 3 is 2.71 bits per heavy atom. The molecule has 2 heterocycles. The summed E-state index contributed by atoms with van der Waals surface area (Å²) in [5.41, 5.74) is 3.22. The molecule has 0 saturated carbocycles. The Labute approximate surface area is 165 Å². The zero-order valence-corrected chi connectivity index (χ0v) is 15.7. The summed E-state index contributed by atoms with van der Waals surface area (Å²) in [7, 11) is 0. The maximum Gasteiger partial charge on any atom is 0.356 e. The second kappa shape index (κ2) is 7.32. The van der Waals surface area contributed by atoms with Crippen molar-refractivity contribution in [3.05, 3.63) is 92.9 Å². The number of aromatic nitrogens is 3. The van der Waals surface area contributed by atoms with Gasteiger partial charge in [0.1, 0.15) is 12.3 Å². The fraction of sp³-hybridized carbons (Fsp3) is 0.0952. The van der Waals surface area contributed by atoms with Gasteiger partial charge in [-0.05, 0) is 24.1 Å². The van der Waals surface area contributed by atoms with E-state index in [9.17, 15) is 9.59 Å². The Balaban J connectivity index is 1.60. The lowest BCUT2D eigenvalue weighted by Crippen LogP contribution is -2.15. The van der Waals surface area contributed by atoms with Crippen molar-refractivity contribution >= 4 is 23.2 Å². The minimum absolute atomic E-state index is 0.0815. The molecule has 0 saturated heterocycles. The number of carbonyl (C=O) groups is 1. The lowest BCUT2D eigenvalue weighted by atomic mass is 10.1. The molecule has 2 aromatic heterocycles. The molecule has 1 N–H and O–H groups in total. The van der Waals surface area contributed by atoms with Gasteiger partial charge in [-0.1, -0.05) is 54.1 Å². The number of fused-ring (bicyclic) bond motifs is 1. The van der Waals surface area contributed by atoms with Crippen LogP contribution in [-0.4, -0.2) is 20.6 Å². The Hall–Kier alpha value is -3.38. The van der Waals surface area contributed by atoms with E-state index in [-0.39, 0.29) is 17.9 Å². The smallest absolute Gasteiger partial charge is 0.356 e. The van der Waals surface area contributed by atoms with Gasteiger partial charge in [-0.15, -0.1) is 0 Å². The summed E-state index contributed by atoms with van der Waals surface area (Å²) in [5.74, 6) is -0.578. The minimum atomic E-state index is -0.578. The molecule has 0 spiro atoms. The Bertz CT molecular complexity index is 1230. The van der Waals surface area contributed by atoms with Crippen LogP contribution in [0.3, 0.4) is 0 Å². The number of benzene rings is 2.